The summed E-state index contributed by atoms with van der Waals surface area (Å²) in [7, 11) is 0. The number of hydrogen-bond donors (Lipinski definition) is 0. The zero-order chi connectivity index (χ0) is 15.6. The molecule has 1 unspecified atom stereocenters. The molecule has 0 spiro atoms. The Balaban J connectivity index is 1.81. The first-order chi connectivity index (χ1) is 10.8. The Morgan fingerprint density at radius 2 is 2.00 bits per heavy atom. The van der Waals surface area contributed by atoms with Crippen LogP contribution in [0.3, 0.4) is 0 Å². The van der Waals surface area contributed by atoms with Gasteiger partial charge in [0.25, 0.3) is 0 Å². The Labute approximate surface area is 138 Å². The molecule has 0 fully saturated rings. The van der Waals surface area contributed by atoms with Gasteiger partial charge in [-0.15, -0.1) is 0 Å². The van der Waals surface area contributed by atoms with E-state index in [-0.39, 0.29) is 0 Å². The molecule has 22 heavy (non-hydrogen) atoms. The maximum Gasteiger partial charge on any atom is 0.0945 e. The first-order valence-electron chi connectivity index (χ1n) is 8.09. The molecule has 2 rings (SSSR count). The number of rotatable bonds is 10. The van der Waals surface area contributed by atoms with Crippen LogP contribution in [0.1, 0.15) is 44.6 Å². The lowest BCUT2D eigenvalue weighted by molar-refractivity contribution is 0.0251. The number of imidazole rings is 1. The third-order valence-electron chi connectivity index (χ3n) is 3.80. The van der Waals surface area contributed by atoms with Crippen molar-refractivity contribution in [2.75, 3.05) is 0 Å². The van der Waals surface area contributed by atoms with Gasteiger partial charge in [0, 0.05) is 24.0 Å². The van der Waals surface area contributed by atoms with E-state index in [1.807, 2.05) is 43.0 Å². The van der Waals surface area contributed by atoms with Crippen LogP contribution in [0.5, 0.6) is 0 Å². The lowest BCUT2D eigenvalue weighted by Gasteiger charge is -2.18. The second-order valence-corrected chi connectivity index (χ2v) is 6.08. The summed E-state index contributed by atoms with van der Waals surface area (Å²) in [6.45, 7) is 3.84. The Hall–Kier alpha value is -1.32. The average Bonchev–Trinajstić information content (AvgIpc) is 3.04. The van der Waals surface area contributed by atoms with Gasteiger partial charge in [0.2, 0.25) is 0 Å². The largest absolute Gasteiger partial charge is 0.373 e. The van der Waals surface area contributed by atoms with Crippen molar-refractivity contribution in [1.29, 1.82) is 0 Å². The molecular formula is C18H25ClN2O. The molecule has 0 saturated heterocycles. The maximum absolute atomic E-state index is 6.14. The number of halogens is 1. The molecule has 0 bridgehead atoms. The number of ether oxygens (including phenoxy) is 1. The van der Waals surface area contributed by atoms with E-state index in [1.165, 1.54) is 24.8 Å². The fourth-order valence-corrected chi connectivity index (χ4v) is 2.57. The van der Waals surface area contributed by atoms with Gasteiger partial charge >= 0.3 is 0 Å². The number of unbranched alkanes of at least 4 members (excludes halogenated alkanes) is 2. The van der Waals surface area contributed by atoms with Gasteiger partial charge in [-0.2, -0.15) is 0 Å². The highest BCUT2D eigenvalue weighted by Crippen LogP contribution is 2.16. The highest BCUT2D eigenvalue weighted by molar-refractivity contribution is 6.30. The van der Waals surface area contributed by atoms with Crippen LogP contribution in [0.15, 0.2) is 43.0 Å². The number of aryl methyl sites for hydroxylation is 1. The molecule has 0 aliphatic carbocycles. The lowest BCUT2D eigenvalue weighted by atomic mass is 10.1. The standard InChI is InChI=1S/C18H25ClN2O/c1-2-3-4-5-18(10-12-21-13-11-20-15-21)22-14-16-6-8-17(19)9-7-16/h6-9,11,13,15,18H,2-5,10,12,14H2,1H3. The Kier molecular flexibility index (Phi) is 7.47. The van der Waals surface area contributed by atoms with E-state index in [4.69, 9.17) is 16.3 Å². The first kappa shape index (κ1) is 17.0. The van der Waals surface area contributed by atoms with Crippen molar-refractivity contribution in [1.82, 2.24) is 9.55 Å². The fraction of sp³-hybridized carbons (Fsp3) is 0.500. The van der Waals surface area contributed by atoms with Gasteiger partial charge < -0.3 is 9.30 Å². The monoisotopic (exact) mass is 320 g/mol. The van der Waals surface area contributed by atoms with Crippen molar-refractivity contribution < 1.29 is 4.74 Å². The van der Waals surface area contributed by atoms with E-state index in [0.717, 1.165) is 24.4 Å². The highest BCUT2D eigenvalue weighted by Gasteiger charge is 2.10. The molecule has 4 heteroatoms. The molecule has 2 aromatic rings. The quantitative estimate of drug-likeness (QED) is 0.570. The summed E-state index contributed by atoms with van der Waals surface area (Å²) in [5.74, 6) is 0. The summed E-state index contributed by atoms with van der Waals surface area (Å²) in [6, 6.07) is 7.89. The van der Waals surface area contributed by atoms with Gasteiger partial charge in [0.15, 0.2) is 0 Å². The Morgan fingerprint density at radius 3 is 2.68 bits per heavy atom. The molecule has 0 amide bonds. The minimum atomic E-state index is 0.296. The van der Waals surface area contributed by atoms with Gasteiger partial charge in [-0.1, -0.05) is 49.9 Å². The lowest BCUT2D eigenvalue weighted by Crippen LogP contribution is -2.16. The summed E-state index contributed by atoms with van der Waals surface area (Å²) in [4.78, 5) is 4.09. The van der Waals surface area contributed by atoms with Crippen LogP contribution >= 0.6 is 11.6 Å². The second-order valence-electron chi connectivity index (χ2n) is 5.64. The van der Waals surface area contributed by atoms with Crippen molar-refractivity contribution in [2.45, 2.75) is 58.3 Å². The summed E-state index contributed by atoms with van der Waals surface area (Å²) < 4.78 is 8.25. The SMILES string of the molecule is CCCCCC(CCn1ccnc1)OCc1ccc(Cl)cc1. The number of nitrogens with zero attached hydrogens (tertiary/aromatic N) is 2. The van der Waals surface area contributed by atoms with E-state index in [1.54, 1.807) is 0 Å². The van der Waals surface area contributed by atoms with Crippen molar-refractivity contribution in [3.05, 3.63) is 53.6 Å². The van der Waals surface area contributed by atoms with Crippen molar-refractivity contribution >= 4 is 11.6 Å². The molecule has 1 aromatic carbocycles. The summed E-state index contributed by atoms with van der Waals surface area (Å²) in [5.41, 5.74) is 1.17. The van der Waals surface area contributed by atoms with Crippen LogP contribution < -0.4 is 0 Å². The molecule has 3 nitrogen and oxygen atoms in total. The summed E-state index contributed by atoms with van der Waals surface area (Å²) >= 11 is 5.92. The zero-order valence-electron chi connectivity index (χ0n) is 13.2. The predicted octanol–water partition coefficient (Wildman–Crippen LogP) is 5.09. The molecular weight excluding hydrogens is 296 g/mol. The van der Waals surface area contributed by atoms with E-state index >= 15 is 0 Å². The number of aromatic nitrogens is 2. The molecule has 1 heterocycles. The molecule has 1 atom stereocenters. The van der Waals surface area contributed by atoms with E-state index < -0.39 is 0 Å². The Morgan fingerprint density at radius 1 is 1.18 bits per heavy atom. The minimum absolute atomic E-state index is 0.296. The molecule has 1 aromatic heterocycles. The molecule has 120 valence electrons. The summed E-state index contributed by atoms with van der Waals surface area (Å²) in [6.07, 6.45) is 11.9. The van der Waals surface area contributed by atoms with Crippen molar-refractivity contribution in [3.63, 3.8) is 0 Å². The van der Waals surface area contributed by atoms with Gasteiger partial charge in [0.1, 0.15) is 0 Å². The molecule has 0 aliphatic rings. The molecule has 0 N–H and O–H groups in total. The van der Waals surface area contributed by atoms with E-state index in [0.29, 0.717) is 12.7 Å². The third kappa shape index (κ3) is 6.20. The van der Waals surface area contributed by atoms with Gasteiger partial charge in [-0.3, -0.25) is 0 Å². The second kappa shape index (κ2) is 9.65. The first-order valence-corrected chi connectivity index (χ1v) is 8.47. The Bertz CT molecular complexity index is 510. The van der Waals surface area contributed by atoms with Crippen LogP contribution in [0.25, 0.3) is 0 Å². The van der Waals surface area contributed by atoms with Crippen LogP contribution in [-0.2, 0) is 17.9 Å². The van der Waals surface area contributed by atoms with Crippen molar-refractivity contribution in [3.8, 4) is 0 Å². The predicted molar refractivity (Wildman–Crippen MR) is 91.0 cm³/mol. The fourth-order valence-electron chi connectivity index (χ4n) is 2.44. The van der Waals surface area contributed by atoms with Gasteiger partial charge in [-0.05, 0) is 30.5 Å². The number of benzene rings is 1. The van der Waals surface area contributed by atoms with Crippen LogP contribution in [0.4, 0.5) is 0 Å². The molecule has 0 radical (unpaired) electrons. The van der Waals surface area contributed by atoms with Crippen LogP contribution in [0.2, 0.25) is 5.02 Å². The minimum Gasteiger partial charge on any atom is -0.373 e. The van der Waals surface area contributed by atoms with E-state index in [2.05, 4.69) is 16.5 Å². The highest BCUT2D eigenvalue weighted by atomic mass is 35.5. The maximum atomic E-state index is 6.14. The smallest absolute Gasteiger partial charge is 0.0945 e. The normalized spacial score (nSPS) is 12.5. The third-order valence-corrected chi connectivity index (χ3v) is 4.05. The van der Waals surface area contributed by atoms with Gasteiger partial charge in [0.05, 0.1) is 19.0 Å². The molecule has 0 aliphatic heterocycles. The number of hydrogen-bond acceptors (Lipinski definition) is 2. The summed E-state index contributed by atoms with van der Waals surface area (Å²) in [5, 5.41) is 0.767. The van der Waals surface area contributed by atoms with E-state index in [9.17, 15) is 0 Å². The van der Waals surface area contributed by atoms with Crippen molar-refractivity contribution in [2.24, 2.45) is 0 Å². The topological polar surface area (TPSA) is 27.1 Å². The van der Waals surface area contributed by atoms with Crippen LogP contribution in [-0.4, -0.2) is 15.7 Å². The average molecular weight is 321 g/mol. The van der Waals surface area contributed by atoms with Gasteiger partial charge in [-0.25, -0.2) is 4.98 Å². The zero-order valence-corrected chi connectivity index (χ0v) is 14.0. The molecule has 0 saturated carbocycles. The van der Waals surface area contributed by atoms with Crippen LogP contribution in [0, 0.1) is 0 Å².